The van der Waals surface area contributed by atoms with Crippen LogP contribution in [0, 0.1) is 0 Å². The van der Waals surface area contributed by atoms with Crippen molar-refractivity contribution in [2.24, 2.45) is 0 Å². The van der Waals surface area contributed by atoms with Gasteiger partial charge in [0.25, 0.3) is 0 Å². The highest BCUT2D eigenvalue weighted by atomic mass is 32.9. The number of rotatable bonds is 0. The monoisotopic (exact) mass is 254 g/mol. The summed E-state index contributed by atoms with van der Waals surface area (Å²) in [4.78, 5) is 0. The zero-order valence-electron chi connectivity index (χ0n) is 7.10. The Morgan fingerprint density at radius 3 is 2.64 bits per heavy atom. The van der Waals surface area contributed by atoms with Crippen LogP contribution >= 0.6 is 43.4 Å². The van der Waals surface area contributed by atoms with Gasteiger partial charge in [0.1, 0.15) is 0 Å². The van der Waals surface area contributed by atoms with Crippen LogP contribution in [-0.2, 0) is 0 Å². The Balaban J connectivity index is 2.66. The molecule has 0 radical (unpaired) electrons. The van der Waals surface area contributed by atoms with Gasteiger partial charge >= 0.3 is 0 Å². The van der Waals surface area contributed by atoms with Gasteiger partial charge in [-0.3, -0.25) is 0 Å². The Hall–Kier alpha value is -0.420. The van der Waals surface area contributed by atoms with E-state index in [9.17, 15) is 0 Å². The maximum Gasteiger partial charge on any atom is 0.0563 e. The van der Waals surface area contributed by atoms with Gasteiger partial charge in [-0.25, -0.2) is 0 Å². The van der Waals surface area contributed by atoms with Gasteiger partial charge in [-0.05, 0) is 29.0 Å². The van der Waals surface area contributed by atoms with E-state index in [1.807, 2.05) is 33.0 Å². The summed E-state index contributed by atoms with van der Waals surface area (Å²) in [5, 5.41) is 7.90. The van der Waals surface area contributed by atoms with Crippen molar-refractivity contribution >= 4 is 62.8 Å². The van der Waals surface area contributed by atoms with E-state index in [-0.39, 0.29) is 0 Å². The minimum absolute atomic E-state index is 1.38. The minimum Gasteiger partial charge on any atom is -0.144 e. The topological polar surface area (TPSA) is 0 Å². The van der Waals surface area contributed by atoms with Crippen LogP contribution in [-0.4, -0.2) is 0 Å². The third-order valence-electron chi connectivity index (χ3n) is 1.98. The van der Waals surface area contributed by atoms with Crippen LogP contribution in [0.15, 0.2) is 34.3 Å². The van der Waals surface area contributed by atoms with Crippen molar-refractivity contribution in [2.75, 3.05) is 0 Å². The molecule has 0 aromatic carbocycles. The molecule has 0 fully saturated rings. The molecule has 0 atom stereocenters. The summed E-state index contributed by atoms with van der Waals surface area (Å²) >= 11 is 3.65. The van der Waals surface area contributed by atoms with Crippen LogP contribution in [0.25, 0.3) is 19.5 Å². The summed E-state index contributed by atoms with van der Waals surface area (Å²) < 4.78 is 4.19. The lowest BCUT2D eigenvalue weighted by atomic mass is 10.3. The van der Waals surface area contributed by atoms with Crippen molar-refractivity contribution in [1.29, 1.82) is 0 Å². The van der Waals surface area contributed by atoms with E-state index in [1.54, 1.807) is 10.3 Å². The summed E-state index contributed by atoms with van der Waals surface area (Å²) in [6, 6.07) is 6.63. The molecular weight excluding hydrogens is 248 g/mol. The number of hydrogen-bond donors (Lipinski definition) is 0. The highest BCUT2D eigenvalue weighted by Crippen LogP contribution is 2.33. The van der Waals surface area contributed by atoms with Crippen LogP contribution < -0.4 is 0 Å². The maximum atomic E-state index is 2.22. The number of thiophene rings is 2. The lowest BCUT2D eigenvalue weighted by Gasteiger charge is -1.86. The molecule has 3 heterocycles. The van der Waals surface area contributed by atoms with Gasteiger partial charge in [0, 0.05) is 15.5 Å². The van der Waals surface area contributed by atoms with Crippen molar-refractivity contribution < 1.29 is 0 Å². The average Bonchev–Trinajstić information content (AvgIpc) is 2.75. The van der Waals surface area contributed by atoms with E-state index in [0.717, 1.165) is 0 Å². The Labute approximate surface area is 96.8 Å². The van der Waals surface area contributed by atoms with Crippen molar-refractivity contribution in [2.45, 2.75) is 0 Å². The summed E-state index contributed by atoms with van der Waals surface area (Å²) in [6.07, 6.45) is 0. The number of hydrogen-bond acceptors (Lipinski definition) is 4. The molecule has 3 aromatic heterocycles. The van der Waals surface area contributed by atoms with Crippen LogP contribution in [0.2, 0.25) is 0 Å². The van der Waals surface area contributed by atoms with E-state index in [4.69, 9.17) is 0 Å². The first-order valence-electron chi connectivity index (χ1n) is 4.10. The molecule has 4 heteroatoms. The van der Waals surface area contributed by atoms with Crippen molar-refractivity contribution in [3.05, 3.63) is 34.3 Å². The molecule has 0 aliphatic heterocycles. The second kappa shape index (κ2) is 3.62. The van der Waals surface area contributed by atoms with Gasteiger partial charge < -0.3 is 0 Å². The third kappa shape index (κ3) is 1.39. The molecule has 0 amide bonds. The second-order valence-electron chi connectivity index (χ2n) is 2.79. The smallest absolute Gasteiger partial charge is 0.0563 e. The van der Waals surface area contributed by atoms with Crippen LogP contribution in [0.1, 0.15) is 0 Å². The Kier molecular flexibility index (Phi) is 2.29. The highest BCUT2D eigenvalue weighted by molar-refractivity contribution is 7.70. The Morgan fingerprint density at radius 2 is 1.64 bits per heavy atom. The molecule has 3 rings (SSSR count). The molecule has 0 spiro atoms. The van der Waals surface area contributed by atoms with Gasteiger partial charge in [0.15, 0.2) is 0 Å². The quantitative estimate of drug-likeness (QED) is 0.473. The van der Waals surface area contributed by atoms with E-state index in [0.29, 0.717) is 0 Å². The van der Waals surface area contributed by atoms with Gasteiger partial charge in [-0.1, -0.05) is 20.7 Å². The molecule has 0 saturated carbocycles. The van der Waals surface area contributed by atoms with E-state index in [2.05, 4.69) is 34.3 Å². The fourth-order valence-corrected chi connectivity index (χ4v) is 5.38. The first kappa shape index (κ1) is 8.85. The molecule has 0 aliphatic rings. The summed E-state index contributed by atoms with van der Waals surface area (Å²) in [5.41, 5.74) is 0. The van der Waals surface area contributed by atoms with E-state index < -0.39 is 0 Å². The molecule has 70 valence electrons. The molecule has 0 saturated heterocycles. The second-order valence-corrected chi connectivity index (χ2v) is 6.81. The standard InChI is InChI=1S/C10H6S4/c1-4-11-8-3-6-13-14-9-2-5-12-10(9)7(1)8/h1-6H. The molecule has 3 aromatic rings. The summed E-state index contributed by atoms with van der Waals surface area (Å²) in [7, 11) is 3.63. The first-order chi connectivity index (χ1) is 6.95. The predicted molar refractivity (Wildman–Crippen MR) is 70.6 cm³/mol. The Bertz CT molecular complexity index is 551. The van der Waals surface area contributed by atoms with Crippen LogP contribution in [0.3, 0.4) is 0 Å². The summed E-state index contributed by atoms with van der Waals surface area (Å²) in [5.74, 6) is 0. The predicted octanol–water partition coefficient (Wildman–Crippen LogP) is 5.36. The molecule has 0 unspecified atom stereocenters. The number of fused-ring (bicyclic) bond motifs is 3. The largest absolute Gasteiger partial charge is 0.144 e. The van der Waals surface area contributed by atoms with E-state index >= 15 is 0 Å². The first-order valence-corrected chi connectivity index (χ1v) is 8.07. The molecule has 0 nitrogen and oxygen atoms in total. The molecule has 0 bridgehead atoms. The van der Waals surface area contributed by atoms with Gasteiger partial charge in [-0.2, -0.15) is 0 Å². The molecular formula is C10H6S4. The van der Waals surface area contributed by atoms with Gasteiger partial charge in [-0.15, -0.1) is 22.7 Å². The van der Waals surface area contributed by atoms with Gasteiger partial charge in [0.05, 0.1) is 9.40 Å². The third-order valence-corrected chi connectivity index (χ3v) is 5.96. The fraction of sp³-hybridized carbons (Fsp3) is 0. The molecule has 14 heavy (non-hydrogen) atoms. The Morgan fingerprint density at radius 1 is 0.786 bits per heavy atom. The minimum atomic E-state index is 1.38. The normalized spacial score (nSPS) is 10.9. The van der Waals surface area contributed by atoms with Gasteiger partial charge in [0.2, 0.25) is 0 Å². The lowest BCUT2D eigenvalue weighted by molar-refractivity contribution is 2.16. The highest BCUT2D eigenvalue weighted by Gasteiger charge is 1.99. The van der Waals surface area contributed by atoms with Crippen LogP contribution in [0.5, 0.6) is 0 Å². The van der Waals surface area contributed by atoms with Crippen molar-refractivity contribution in [3.8, 4) is 0 Å². The average molecular weight is 254 g/mol. The van der Waals surface area contributed by atoms with Crippen LogP contribution in [0.4, 0.5) is 0 Å². The maximum absolute atomic E-state index is 2.22. The summed E-state index contributed by atoms with van der Waals surface area (Å²) in [6.45, 7) is 0. The van der Waals surface area contributed by atoms with E-state index in [1.165, 1.54) is 19.5 Å². The zero-order chi connectivity index (χ0) is 9.38. The van der Waals surface area contributed by atoms with Crippen molar-refractivity contribution in [3.63, 3.8) is 0 Å². The molecule has 0 N–H and O–H groups in total. The zero-order valence-corrected chi connectivity index (χ0v) is 10.4. The SMILES string of the molecule is c1cc2sccc2c2sccc2ss1. The lowest BCUT2D eigenvalue weighted by Crippen LogP contribution is -1.55. The molecule has 0 aliphatic carbocycles. The van der Waals surface area contributed by atoms with Crippen molar-refractivity contribution in [1.82, 2.24) is 0 Å². The fourth-order valence-electron chi connectivity index (χ4n) is 1.37.